The van der Waals surface area contributed by atoms with Crippen LogP contribution in [0.5, 0.6) is 0 Å². The fraction of sp³-hybridized carbons (Fsp3) is 0.429. The third-order valence-electron chi connectivity index (χ3n) is 1.64. The third kappa shape index (κ3) is 0.875. The van der Waals surface area contributed by atoms with Gasteiger partial charge in [0.25, 0.3) is 0 Å². The lowest BCUT2D eigenvalue weighted by molar-refractivity contribution is 0.556. The Morgan fingerprint density at radius 1 is 1.30 bits per heavy atom. The maximum Gasteiger partial charge on any atom is 0.234 e. The zero-order valence-corrected chi connectivity index (χ0v) is 5.42. The van der Waals surface area contributed by atoms with Crippen molar-refractivity contribution in [2.24, 2.45) is 0 Å². The van der Waals surface area contributed by atoms with Gasteiger partial charge in [0.2, 0.25) is 5.95 Å². The number of rotatable bonds is 1. The van der Waals surface area contributed by atoms with Crippen LogP contribution < -0.4 is 0 Å². The fourth-order valence-corrected chi connectivity index (χ4v) is 0.962. The van der Waals surface area contributed by atoms with Gasteiger partial charge in [-0.2, -0.15) is 4.39 Å². The Hall–Kier alpha value is -0.990. The molecule has 0 spiro atoms. The molecule has 0 amide bonds. The summed E-state index contributed by atoms with van der Waals surface area (Å²) >= 11 is 0. The van der Waals surface area contributed by atoms with Gasteiger partial charge in [0, 0.05) is 18.3 Å². The van der Waals surface area contributed by atoms with Crippen molar-refractivity contribution >= 4 is 0 Å². The van der Waals surface area contributed by atoms with E-state index in [4.69, 9.17) is 0 Å². The lowest BCUT2D eigenvalue weighted by atomic mass is 10.3. The van der Waals surface area contributed by atoms with Crippen molar-refractivity contribution in [3.05, 3.63) is 24.0 Å². The van der Waals surface area contributed by atoms with E-state index < -0.39 is 5.95 Å². The van der Waals surface area contributed by atoms with Crippen LogP contribution in [0.3, 0.4) is 0 Å². The number of nitrogens with zero attached hydrogens (tertiary/aromatic N) is 2. The van der Waals surface area contributed by atoms with Crippen LogP contribution in [0.15, 0.2) is 12.4 Å². The van der Waals surface area contributed by atoms with Gasteiger partial charge in [-0.1, -0.05) is 0 Å². The van der Waals surface area contributed by atoms with E-state index in [0.29, 0.717) is 11.6 Å². The Morgan fingerprint density at radius 2 is 2.00 bits per heavy atom. The topological polar surface area (TPSA) is 25.8 Å². The third-order valence-corrected chi connectivity index (χ3v) is 1.64. The molecule has 0 N–H and O–H groups in total. The standard InChI is InChI=1S/C7H7FN2/c8-7-6(5-1-2-5)9-3-4-10-7/h3-5H,1-2H2. The van der Waals surface area contributed by atoms with Crippen LogP contribution in [-0.4, -0.2) is 9.97 Å². The first kappa shape index (κ1) is 5.77. The van der Waals surface area contributed by atoms with Crippen LogP contribution in [-0.2, 0) is 0 Å². The van der Waals surface area contributed by atoms with Gasteiger partial charge in [-0.3, -0.25) is 4.98 Å². The van der Waals surface area contributed by atoms with E-state index in [1.165, 1.54) is 12.4 Å². The van der Waals surface area contributed by atoms with Crippen LogP contribution >= 0.6 is 0 Å². The van der Waals surface area contributed by atoms with E-state index in [9.17, 15) is 4.39 Å². The van der Waals surface area contributed by atoms with Gasteiger partial charge in [0.15, 0.2) is 0 Å². The Bertz CT molecular complexity index is 245. The first-order valence-corrected chi connectivity index (χ1v) is 3.34. The molecule has 2 nitrogen and oxygen atoms in total. The molecule has 52 valence electrons. The minimum Gasteiger partial charge on any atom is -0.255 e. The van der Waals surface area contributed by atoms with Gasteiger partial charge in [-0.25, -0.2) is 4.98 Å². The Morgan fingerprint density at radius 3 is 2.60 bits per heavy atom. The van der Waals surface area contributed by atoms with E-state index >= 15 is 0 Å². The van der Waals surface area contributed by atoms with Crippen molar-refractivity contribution in [2.75, 3.05) is 0 Å². The first-order chi connectivity index (χ1) is 4.88. The molecule has 0 bridgehead atoms. The Kier molecular flexibility index (Phi) is 1.16. The average molecular weight is 138 g/mol. The van der Waals surface area contributed by atoms with Crippen molar-refractivity contribution in [3.63, 3.8) is 0 Å². The van der Waals surface area contributed by atoms with Crippen molar-refractivity contribution < 1.29 is 4.39 Å². The van der Waals surface area contributed by atoms with E-state index in [1.807, 2.05) is 0 Å². The van der Waals surface area contributed by atoms with Crippen molar-refractivity contribution in [1.82, 2.24) is 9.97 Å². The fourth-order valence-electron chi connectivity index (χ4n) is 0.962. The summed E-state index contributed by atoms with van der Waals surface area (Å²) < 4.78 is 12.7. The molecule has 1 aromatic heterocycles. The summed E-state index contributed by atoms with van der Waals surface area (Å²) in [6, 6.07) is 0. The number of halogens is 1. The lowest BCUT2D eigenvalue weighted by Gasteiger charge is -1.94. The van der Waals surface area contributed by atoms with Crippen LogP contribution in [0.25, 0.3) is 0 Å². The highest BCUT2D eigenvalue weighted by molar-refractivity contribution is 5.11. The SMILES string of the molecule is Fc1nccnc1C1CC1. The molecule has 1 aliphatic rings. The molecule has 0 atom stereocenters. The zero-order chi connectivity index (χ0) is 6.97. The molecule has 2 rings (SSSR count). The summed E-state index contributed by atoms with van der Waals surface area (Å²) in [7, 11) is 0. The normalized spacial score (nSPS) is 17.3. The van der Waals surface area contributed by atoms with E-state index in [0.717, 1.165) is 12.8 Å². The molecule has 1 saturated carbocycles. The summed E-state index contributed by atoms with van der Waals surface area (Å²) in [5.41, 5.74) is 0.544. The van der Waals surface area contributed by atoms with Gasteiger partial charge in [0.1, 0.15) is 0 Å². The molecule has 0 aliphatic heterocycles. The van der Waals surface area contributed by atoms with Crippen LogP contribution in [0.2, 0.25) is 0 Å². The second-order valence-electron chi connectivity index (χ2n) is 2.51. The van der Waals surface area contributed by atoms with E-state index in [1.54, 1.807) is 0 Å². The molecule has 1 aliphatic carbocycles. The first-order valence-electron chi connectivity index (χ1n) is 3.34. The molecular weight excluding hydrogens is 131 g/mol. The summed E-state index contributed by atoms with van der Waals surface area (Å²) in [5, 5.41) is 0. The van der Waals surface area contributed by atoms with Crippen molar-refractivity contribution in [1.29, 1.82) is 0 Å². The molecule has 0 saturated heterocycles. The van der Waals surface area contributed by atoms with Crippen LogP contribution in [0, 0.1) is 5.95 Å². The average Bonchev–Trinajstić information content (AvgIpc) is 2.71. The van der Waals surface area contributed by atoms with E-state index in [2.05, 4.69) is 9.97 Å². The zero-order valence-electron chi connectivity index (χ0n) is 5.42. The largest absolute Gasteiger partial charge is 0.255 e. The summed E-state index contributed by atoms with van der Waals surface area (Å²) in [6.07, 6.45) is 5.04. The van der Waals surface area contributed by atoms with Crippen molar-refractivity contribution in [2.45, 2.75) is 18.8 Å². The molecule has 3 heteroatoms. The van der Waals surface area contributed by atoms with Gasteiger partial charge in [0.05, 0.1) is 5.69 Å². The second-order valence-corrected chi connectivity index (χ2v) is 2.51. The lowest BCUT2D eigenvalue weighted by Crippen LogP contribution is -1.93. The smallest absolute Gasteiger partial charge is 0.234 e. The minimum atomic E-state index is -0.398. The second kappa shape index (κ2) is 2.01. The monoisotopic (exact) mass is 138 g/mol. The predicted octanol–water partition coefficient (Wildman–Crippen LogP) is 1.49. The summed E-state index contributed by atoms with van der Waals surface area (Å²) in [5.74, 6) is -0.0429. The summed E-state index contributed by atoms with van der Waals surface area (Å²) in [4.78, 5) is 7.41. The maximum absolute atomic E-state index is 12.7. The number of hydrogen-bond acceptors (Lipinski definition) is 2. The molecule has 10 heavy (non-hydrogen) atoms. The predicted molar refractivity (Wildman–Crippen MR) is 34.0 cm³/mol. The maximum atomic E-state index is 12.7. The van der Waals surface area contributed by atoms with Crippen LogP contribution in [0.4, 0.5) is 4.39 Å². The van der Waals surface area contributed by atoms with Crippen molar-refractivity contribution in [3.8, 4) is 0 Å². The Labute approximate surface area is 58.1 Å². The van der Waals surface area contributed by atoms with Gasteiger partial charge < -0.3 is 0 Å². The van der Waals surface area contributed by atoms with Gasteiger partial charge in [-0.15, -0.1) is 0 Å². The molecule has 1 heterocycles. The van der Waals surface area contributed by atoms with Gasteiger partial charge >= 0.3 is 0 Å². The highest BCUT2D eigenvalue weighted by Gasteiger charge is 2.28. The minimum absolute atomic E-state index is 0.355. The number of aromatic nitrogens is 2. The molecular formula is C7H7FN2. The quantitative estimate of drug-likeness (QED) is 0.587. The van der Waals surface area contributed by atoms with E-state index in [-0.39, 0.29) is 0 Å². The summed E-state index contributed by atoms with van der Waals surface area (Å²) in [6.45, 7) is 0. The molecule has 1 fully saturated rings. The molecule has 0 aromatic carbocycles. The highest BCUT2D eigenvalue weighted by atomic mass is 19.1. The molecule has 1 aromatic rings. The molecule has 0 radical (unpaired) electrons. The molecule has 0 unspecified atom stereocenters. The van der Waals surface area contributed by atoms with Gasteiger partial charge in [-0.05, 0) is 12.8 Å². The number of hydrogen-bond donors (Lipinski definition) is 0. The van der Waals surface area contributed by atoms with Crippen LogP contribution in [0.1, 0.15) is 24.5 Å². The highest BCUT2D eigenvalue weighted by Crippen LogP contribution is 2.39. The Balaban J connectivity index is 2.39.